The molecule has 49 heavy (non-hydrogen) atoms. The second kappa shape index (κ2) is 17.5. The number of methoxy groups -OCH3 is 1. The standard InChI is InChI=1S/C36H65NO12/c1-17(2)31(49-35-30(40)25(37(11)12)14-18(3)45-35)21(6)32(48-27-15-26(43-13)29(39)24(9)46-27)22(7)34(42)47-23(8)19(4)28(38)20(5)33(41)36(10)16-44-36/h17-32,35,38-40H,14-16H2,1-13H3. The zero-order chi connectivity index (χ0) is 37.1. The molecule has 286 valence electrons. The van der Waals surface area contributed by atoms with Crippen LogP contribution in [-0.4, -0.2) is 139 Å². The molecule has 13 heteroatoms. The van der Waals surface area contributed by atoms with Crippen LogP contribution in [0.1, 0.15) is 82.1 Å². The van der Waals surface area contributed by atoms with Crippen molar-refractivity contribution in [2.75, 3.05) is 27.8 Å². The van der Waals surface area contributed by atoms with Gasteiger partial charge in [0.1, 0.15) is 23.9 Å². The second-order valence-corrected chi connectivity index (χ2v) is 15.6. The second-order valence-electron chi connectivity index (χ2n) is 15.6. The number of rotatable bonds is 17. The molecule has 3 fully saturated rings. The number of epoxide rings is 1. The molecule has 0 aliphatic carbocycles. The number of aliphatic hydroxyl groups is 3. The van der Waals surface area contributed by atoms with E-state index in [-0.39, 0.29) is 30.3 Å². The van der Waals surface area contributed by atoms with Crippen LogP contribution in [0.15, 0.2) is 0 Å². The van der Waals surface area contributed by atoms with Gasteiger partial charge in [-0.3, -0.25) is 9.59 Å². The molecule has 17 unspecified atom stereocenters. The fourth-order valence-electron chi connectivity index (χ4n) is 7.24. The van der Waals surface area contributed by atoms with Crippen molar-refractivity contribution in [2.24, 2.45) is 29.6 Å². The molecule has 0 radical (unpaired) electrons. The molecule has 3 aliphatic heterocycles. The van der Waals surface area contributed by atoms with E-state index in [1.165, 1.54) is 7.11 Å². The number of aliphatic hydroxyl groups excluding tert-OH is 3. The number of esters is 1. The predicted molar refractivity (Wildman–Crippen MR) is 180 cm³/mol. The van der Waals surface area contributed by atoms with Crippen LogP contribution in [0.25, 0.3) is 0 Å². The molecule has 0 aromatic carbocycles. The van der Waals surface area contributed by atoms with Gasteiger partial charge in [-0.2, -0.15) is 0 Å². The zero-order valence-electron chi connectivity index (χ0n) is 31.9. The first-order chi connectivity index (χ1) is 22.7. The number of Topliss-reactive ketones (excluding diaryl/α,β-unsaturated/α-hetero) is 1. The number of hydrogen-bond acceptors (Lipinski definition) is 13. The molecule has 0 saturated carbocycles. The summed E-state index contributed by atoms with van der Waals surface area (Å²) in [4.78, 5) is 28.7. The van der Waals surface area contributed by atoms with Gasteiger partial charge in [0.25, 0.3) is 0 Å². The zero-order valence-corrected chi connectivity index (χ0v) is 31.9. The van der Waals surface area contributed by atoms with E-state index in [1.54, 1.807) is 41.5 Å². The molecule has 3 rings (SSSR count). The highest BCUT2D eigenvalue weighted by atomic mass is 16.7. The Hall–Kier alpha value is -1.26. The van der Waals surface area contributed by atoms with Gasteiger partial charge in [-0.05, 0) is 61.1 Å². The average Bonchev–Trinajstić information content (AvgIpc) is 3.80. The van der Waals surface area contributed by atoms with Crippen LogP contribution in [0, 0.1) is 29.6 Å². The summed E-state index contributed by atoms with van der Waals surface area (Å²) in [7, 11) is 5.35. The van der Waals surface area contributed by atoms with Crippen molar-refractivity contribution in [1.29, 1.82) is 0 Å². The third-order valence-electron chi connectivity index (χ3n) is 11.0. The lowest BCUT2D eigenvalue weighted by molar-refractivity contribution is -0.298. The summed E-state index contributed by atoms with van der Waals surface area (Å²) in [6.07, 6.45) is -6.91. The van der Waals surface area contributed by atoms with Crippen molar-refractivity contribution in [2.45, 2.75) is 161 Å². The minimum Gasteiger partial charge on any atom is -0.462 e. The van der Waals surface area contributed by atoms with Crippen LogP contribution in [0.5, 0.6) is 0 Å². The molecule has 0 amide bonds. The molecule has 0 bridgehead atoms. The highest BCUT2D eigenvalue weighted by molar-refractivity contribution is 5.91. The Kier molecular flexibility index (Phi) is 15.1. The molecule has 3 aliphatic rings. The summed E-state index contributed by atoms with van der Waals surface area (Å²) in [6.45, 7) is 18.5. The number of hydrogen-bond donors (Lipinski definition) is 3. The van der Waals surface area contributed by atoms with Gasteiger partial charge in [-0.1, -0.05) is 34.6 Å². The predicted octanol–water partition coefficient (Wildman–Crippen LogP) is 2.54. The third kappa shape index (κ3) is 10.2. The van der Waals surface area contributed by atoms with Crippen molar-refractivity contribution in [1.82, 2.24) is 4.90 Å². The monoisotopic (exact) mass is 703 g/mol. The Morgan fingerprint density at radius 2 is 1.49 bits per heavy atom. The van der Waals surface area contributed by atoms with Gasteiger partial charge in [0, 0.05) is 37.3 Å². The fraction of sp³-hybridized carbons (Fsp3) is 0.944. The lowest BCUT2D eigenvalue weighted by Crippen LogP contribution is -2.56. The summed E-state index contributed by atoms with van der Waals surface area (Å²) in [5, 5.41) is 32.9. The molecular formula is C36H65NO12. The fourth-order valence-corrected chi connectivity index (χ4v) is 7.24. The normalized spacial score (nSPS) is 37.1. The van der Waals surface area contributed by atoms with E-state index in [0.29, 0.717) is 13.0 Å². The highest BCUT2D eigenvalue weighted by Gasteiger charge is 2.51. The number of likely N-dealkylation sites (N-methyl/N-ethyl adjacent to an activating group) is 1. The minimum absolute atomic E-state index is 0.0691. The Balaban J connectivity index is 1.84. The van der Waals surface area contributed by atoms with Gasteiger partial charge >= 0.3 is 5.97 Å². The number of ether oxygens (including phenoxy) is 7. The maximum atomic E-state index is 13.9. The highest BCUT2D eigenvalue weighted by Crippen LogP contribution is 2.36. The largest absolute Gasteiger partial charge is 0.462 e. The van der Waals surface area contributed by atoms with E-state index in [4.69, 9.17) is 33.2 Å². The minimum atomic E-state index is -1.05. The van der Waals surface area contributed by atoms with E-state index in [9.17, 15) is 24.9 Å². The van der Waals surface area contributed by atoms with Crippen molar-refractivity contribution < 1.29 is 58.1 Å². The molecule has 3 saturated heterocycles. The van der Waals surface area contributed by atoms with Gasteiger partial charge < -0.3 is 53.4 Å². The summed E-state index contributed by atoms with van der Waals surface area (Å²) in [6, 6.07) is -0.163. The van der Waals surface area contributed by atoms with Crippen LogP contribution in [-0.2, 0) is 42.7 Å². The first-order valence-corrected chi connectivity index (χ1v) is 18.0. The first-order valence-electron chi connectivity index (χ1n) is 18.0. The summed E-state index contributed by atoms with van der Waals surface area (Å²) in [5.41, 5.74) is -0.870. The number of nitrogens with zero attached hydrogens (tertiary/aromatic N) is 1. The van der Waals surface area contributed by atoms with E-state index < -0.39 is 96.7 Å². The van der Waals surface area contributed by atoms with Crippen LogP contribution >= 0.6 is 0 Å². The number of carbonyl (C=O) groups is 2. The van der Waals surface area contributed by atoms with E-state index in [2.05, 4.69) is 0 Å². The maximum Gasteiger partial charge on any atom is 0.311 e. The van der Waals surface area contributed by atoms with Gasteiger partial charge in [0.15, 0.2) is 18.4 Å². The first kappa shape index (κ1) is 42.2. The molecule has 0 aromatic rings. The summed E-state index contributed by atoms with van der Waals surface area (Å²) >= 11 is 0. The van der Waals surface area contributed by atoms with Crippen LogP contribution < -0.4 is 0 Å². The third-order valence-corrected chi connectivity index (χ3v) is 11.0. The number of ketones is 1. The van der Waals surface area contributed by atoms with E-state index >= 15 is 0 Å². The maximum absolute atomic E-state index is 13.9. The molecule has 0 spiro atoms. The molecule has 17 atom stereocenters. The topological polar surface area (TPSA) is 166 Å². The van der Waals surface area contributed by atoms with Crippen molar-refractivity contribution in [3.05, 3.63) is 0 Å². The molecule has 0 aromatic heterocycles. The Morgan fingerprint density at radius 3 is 2.02 bits per heavy atom. The molecule has 13 nitrogen and oxygen atoms in total. The Morgan fingerprint density at radius 1 is 0.878 bits per heavy atom. The van der Waals surface area contributed by atoms with E-state index in [1.807, 2.05) is 46.7 Å². The van der Waals surface area contributed by atoms with E-state index in [0.717, 1.165) is 0 Å². The van der Waals surface area contributed by atoms with Gasteiger partial charge in [0.2, 0.25) is 0 Å². The summed E-state index contributed by atoms with van der Waals surface area (Å²) in [5.74, 6) is -3.32. The quantitative estimate of drug-likeness (QED) is 0.150. The van der Waals surface area contributed by atoms with Crippen LogP contribution in [0.4, 0.5) is 0 Å². The van der Waals surface area contributed by atoms with Crippen LogP contribution in [0.3, 0.4) is 0 Å². The van der Waals surface area contributed by atoms with Crippen molar-refractivity contribution in [3.8, 4) is 0 Å². The van der Waals surface area contributed by atoms with Gasteiger partial charge in [0.05, 0.1) is 49.1 Å². The average molecular weight is 704 g/mol. The van der Waals surface area contributed by atoms with Crippen LogP contribution in [0.2, 0.25) is 0 Å². The van der Waals surface area contributed by atoms with Crippen molar-refractivity contribution in [3.63, 3.8) is 0 Å². The number of carbonyl (C=O) groups excluding carboxylic acids is 2. The lowest BCUT2D eigenvalue weighted by Gasteiger charge is -2.45. The Bertz CT molecular complexity index is 1070. The lowest BCUT2D eigenvalue weighted by atomic mass is 9.83. The van der Waals surface area contributed by atoms with Gasteiger partial charge in [-0.25, -0.2) is 0 Å². The van der Waals surface area contributed by atoms with Gasteiger partial charge in [-0.15, -0.1) is 0 Å². The summed E-state index contributed by atoms with van der Waals surface area (Å²) < 4.78 is 42.1. The molecular weight excluding hydrogens is 638 g/mol. The Labute approximate surface area is 293 Å². The molecule has 3 N–H and O–H groups in total. The smallest absolute Gasteiger partial charge is 0.311 e. The van der Waals surface area contributed by atoms with Crippen molar-refractivity contribution >= 4 is 11.8 Å². The molecule has 3 heterocycles. The SMILES string of the molecule is COC1CC(OC(C(C)C(=O)OC(C)C(C)C(O)C(C)C(=O)C2(C)CO2)C(C)C(OC2OC(C)CC(N(C)C)C2O)C(C)C)OC(C)C1O.